The molecule has 4 aromatic rings. The molecule has 0 spiro atoms. The van der Waals surface area contributed by atoms with Gasteiger partial charge < -0.3 is 0 Å². The Labute approximate surface area is 183 Å². The van der Waals surface area contributed by atoms with Gasteiger partial charge in [0.2, 0.25) is 0 Å². The Morgan fingerprint density at radius 1 is 1.06 bits per heavy atom. The number of thiophene rings is 1. The van der Waals surface area contributed by atoms with Crippen LogP contribution in [-0.4, -0.2) is 13.5 Å². The van der Waals surface area contributed by atoms with E-state index in [9.17, 15) is 22.8 Å². The van der Waals surface area contributed by atoms with Gasteiger partial charge in [0.25, 0.3) is 5.56 Å². The highest BCUT2D eigenvalue weighted by Crippen LogP contribution is 2.38. The first-order valence-corrected chi connectivity index (χ1v) is 11.2. The highest BCUT2D eigenvalue weighted by Gasteiger charge is 2.35. The lowest BCUT2D eigenvalue weighted by Gasteiger charge is -2.14. The predicted molar refractivity (Wildman–Crippen MR) is 118 cm³/mol. The van der Waals surface area contributed by atoms with Crippen molar-refractivity contribution in [2.75, 3.05) is 0 Å². The van der Waals surface area contributed by atoms with Crippen LogP contribution in [0.25, 0.3) is 27.0 Å². The molecule has 162 valence electrons. The maximum absolute atomic E-state index is 13.1. The van der Waals surface area contributed by atoms with Gasteiger partial charge in [-0.15, -0.1) is 11.3 Å². The largest absolute Gasteiger partial charge is 0.431 e. The SMILES string of the molecule is CCc1cc(-c2nsc3ccc(-n4c(=O)cc(C(F)(F)F)n(C)c4=O)cc23)c(CC)s1. The van der Waals surface area contributed by atoms with Gasteiger partial charge >= 0.3 is 11.9 Å². The van der Waals surface area contributed by atoms with Crippen LogP contribution in [0.5, 0.6) is 0 Å². The van der Waals surface area contributed by atoms with E-state index in [-0.39, 0.29) is 5.69 Å². The van der Waals surface area contributed by atoms with Gasteiger partial charge in [-0.25, -0.2) is 9.36 Å². The maximum Gasteiger partial charge on any atom is 0.431 e. The number of benzene rings is 1. The van der Waals surface area contributed by atoms with Crippen molar-refractivity contribution in [1.82, 2.24) is 13.5 Å². The summed E-state index contributed by atoms with van der Waals surface area (Å²) in [6, 6.07) is 7.47. The Balaban J connectivity index is 1.94. The Morgan fingerprint density at radius 2 is 1.81 bits per heavy atom. The zero-order chi connectivity index (χ0) is 22.5. The van der Waals surface area contributed by atoms with Crippen LogP contribution >= 0.6 is 22.9 Å². The molecule has 0 saturated carbocycles. The number of halogens is 3. The third-order valence-corrected chi connectivity index (χ3v) is 7.36. The van der Waals surface area contributed by atoms with Gasteiger partial charge in [-0.3, -0.25) is 9.36 Å². The molecule has 0 bridgehead atoms. The topological polar surface area (TPSA) is 56.9 Å². The van der Waals surface area contributed by atoms with E-state index < -0.39 is 23.1 Å². The number of rotatable bonds is 4. The first-order valence-electron chi connectivity index (χ1n) is 9.57. The molecule has 10 heteroatoms. The van der Waals surface area contributed by atoms with Gasteiger partial charge in [0.05, 0.1) is 16.1 Å². The molecule has 4 rings (SSSR count). The highest BCUT2D eigenvalue weighted by atomic mass is 32.1. The first-order chi connectivity index (χ1) is 14.7. The van der Waals surface area contributed by atoms with Crippen molar-refractivity contribution >= 4 is 33.0 Å². The molecule has 3 heterocycles. The fourth-order valence-corrected chi connectivity index (χ4v) is 5.33. The minimum Gasteiger partial charge on any atom is -0.292 e. The normalized spacial score (nSPS) is 12.1. The maximum atomic E-state index is 13.1. The molecule has 0 N–H and O–H groups in total. The third-order valence-electron chi connectivity index (χ3n) is 5.11. The van der Waals surface area contributed by atoms with Crippen molar-refractivity contribution in [3.05, 3.63) is 66.6 Å². The number of fused-ring (bicyclic) bond motifs is 1. The predicted octanol–water partition coefficient (Wildman–Crippen LogP) is 5.02. The van der Waals surface area contributed by atoms with Crippen LogP contribution in [0.15, 0.2) is 39.9 Å². The zero-order valence-electron chi connectivity index (χ0n) is 16.9. The minimum absolute atomic E-state index is 0.206. The average molecular weight is 466 g/mol. The van der Waals surface area contributed by atoms with Gasteiger partial charge in [0, 0.05) is 33.8 Å². The van der Waals surface area contributed by atoms with E-state index in [0.717, 1.165) is 45.8 Å². The number of alkyl halides is 3. The molecule has 5 nitrogen and oxygen atoms in total. The van der Waals surface area contributed by atoms with E-state index in [1.54, 1.807) is 29.5 Å². The van der Waals surface area contributed by atoms with Crippen LogP contribution in [0.3, 0.4) is 0 Å². The van der Waals surface area contributed by atoms with Crippen LogP contribution in [-0.2, 0) is 26.1 Å². The summed E-state index contributed by atoms with van der Waals surface area (Å²) in [5, 5.41) is 0.756. The molecule has 0 aliphatic heterocycles. The van der Waals surface area contributed by atoms with Gasteiger partial charge in [-0.05, 0) is 48.6 Å². The van der Waals surface area contributed by atoms with Crippen molar-refractivity contribution < 1.29 is 13.2 Å². The van der Waals surface area contributed by atoms with Gasteiger partial charge in [0.1, 0.15) is 5.69 Å². The fourth-order valence-electron chi connectivity index (χ4n) is 3.52. The average Bonchev–Trinajstić information content (AvgIpc) is 3.33. The quantitative estimate of drug-likeness (QED) is 0.425. The Bertz CT molecular complexity index is 1410. The lowest BCUT2D eigenvalue weighted by Crippen LogP contribution is -2.40. The Morgan fingerprint density at radius 3 is 2.45 bits per heavy atom. The number of hydrogen-bond acceptors (Lipinski definition) is 5. The number of hydrogen-bond donors (Lipinski definition) is 0. The number of nitrogens with zero attached hydrogens (tertiary/aromatic N) is 3. The van der Waals surface area contributed by atoms with E-state index in [2.05, 4.69) is 24.3 Å². The van der Waals surface area contributed by atoms with E-state index in [1.165, 1.54) is 21.3 Å². The van der Waals surface area contributed by atoms with E-state index in [4.69, 9.17) is 0 Å². The van der Waals surface area contributed by atoms with Gasteiger partial charge in [0.15, 0.2) is 0 Å². The second-order valence-electron chi connectivity index (χ2n) is 7.01. The van der Waals surface area contributed by atoms with Crippen LogP contribution in [0, 0.1) is 0 Å². The summed E-state index contributed by atoms with van der Waals surface area (Å²) in [5.41, 5.74) is -1.39. The molecule has 0 radical (unpaired) electrons. The van der Waals surface area contributed by atoms with Gasteiger partial charge in [-0.1, -0.05) is 13.8 Å². The molecule has 0 unspecified atom stereocenters. The smallest absolute Gasteiger partial charge is 0.292 e. The van der Waals surface area contributed by atoms with Crippen LogP contribution in [0.4, 0.5) is 13.2 Å². The van der Waals surface area contributed by atoms with Crippen molar-refractivity contribution in [1.29, 1.82) is 0 Å². The molecule has 0 saturated heterocycles. The molecular formula is C21H18F3N3O2S2. The van der Waals surface area contributed by atoms with Crippen molar-refractivity contribution in [3.8, 4) is 16.9 Å². The van der Waals surface area contributed by atoms with Crippen LogP contribution in [0.2, 0.25) is 0 Å². The molecule has 0 aliphatic rings. The molecule has 3 aromatic heterocycles. The minimum atomic E-state index is -4.80. The monoisotopic (exact) mass is 465 g/mol. The van der Waals surface area contributed by atoms with E-state index >= 15 is 0 Å². The molecule has 31 heavy (non-hydrogen) atoms. The van der Waals surface area contributed by atoms with Crippen molar-refractivity contribution in [2.24, 2.45) is 7.05 Å². The summed E-state index contributed by atoms with van der Waals surface area (Å²) in [6.07, 6.45) is -3.05. The molecular weight excluding hydrogens is 447 g/mol. The number of aromatic nitrogens is 3. The summed E-state index contributed by atoms with van der Waals surface area (Å²) in [5.74, 6) is 0. The van der Waals surface area contributed by atoms with Gasteiger partial charge in [-0.2, -0.15) is 17.5 Å². The number of aryl methyl sites for hydroxylation is 2. The summed E-state index contributed by atoms with van der Waals surface area (Å²) in [4.78, 5) is 27.5. The molecule has 1 aromatic carbocycles. The van der Waals surface area contributed by atoms with Crippen LogP contribution < -0.4 is 11.2 Å². The second-order valence-corrected chi connectivity index (χ2v) is 9.04. The molecule has 0 amide bonds. The first kappa shape index (κ1) is 21.5. The standard InChI is InChI=1S/C21H18F3N3O2S2/c1-4-12-9-14(15(5-2)30-12)19-13-8-11(6-7-16(13)31-25-19)27-18(28)10-17(21(22,23)24)26(3)20(27)29/h6-10H,4-5H2,1-3H3. The lowest BCUT2D eigenvalue weighted by molar-refractivity contribution is -0.144. The summed E-state index contributed by atoms with van der Waals surface area (Å²) in [7, 11) is 1.00. The summed E-state index contributed by atoms with van der Waals surface area (Å²) < 4.78 is 46.1. The third kappa shape index (κ3) is 3.63. The summed E-state index contributed by atoms with van der Waals surface area (Å²) in [6.45, 7) is 4.15. The Hall–Kier alpha value is -2.72. The lowest BCUT2D eigenvalue weighted by atomic mass is 10.1. The van der Waals surface area contributed by atoms with Crippen molar-refractivity contribution in [2.45, 2.75) is 32.9 Å². The second kappa shape index (κ2) is 7.76. The molecule has 0 atom stereocenters. The molecule has 0 fully saturated rings. The van der Waals surface area contributed by atoms with E-state index in [0.29, 0.717) is 10.6 Å². The summed E-state index contributed by atoms with van der Waals surface area (Å²) >= 11 is 3.03. The zero-order valence-corrected chi connectivity index (χ0v) is 18.5. The highest BCUT2D eigenvalue weighted by molar-refractivity contribution is 7.14. The van der Waals surface area contributed by atoms with E-state index in [1.807, 2.05) is 0 Å². The fraction of sp³-hybridized carbons (Fsp3) is 0.286. The van der Waals surface area contributed by atoms with Crippen molar-refractivity contribution in [3.63, 3.8) is 0 Å². The Kier molecular flexibility index (Phi) is 5.38. The molecule has 0 aliphatic carbocycles. The van der Waals surface area contributed by atoms with Crippen LogP contribution in [0.1, 0.15) is 29.3 Å².